The summed E-state index contributed by atoms with van der Waals surface area (Å²) in [5, 5.41) is 16.0. The van der Waals surface area contributed by atoms with Gasteiger partial charge in [-0.25, -0.2) is 13.8 Å². The highest BCUT2D eigenvalue weighted by Gasteiger charge is 2.49. The molecular weight excluding hydrogens is 708 g/mol. The summed E-state index contributed by atoms with van der Waals surface area (Å²) in [6, 6.07) is 7.18. The molecule has 0 unspecified atom stereocenters. The molecule has 3 aliphatic heterocycles. The van der Waals surface area contributed by atoms with Crippen molar-refractivity contribution >= 4 is 39.4 Å². The quantitative estimate of drug-likeness (QED) is 0.170. The van der Waals surface area contributed by atoms with Gasteiger partial charge in [-0.05, 0) is 74.7 Å². The number of aromatic nitrogens is 6. The van der Waals surface area contributed by atoms with E-state index in [1.54, 1.807) is 20.2 Å². The number of imidazole rings is 1. The third-order valence-electron chi connectivity index (χ3n) is 11.8. The number of anilines is 1. The van der Waals surface area contributed by atoms with Crippen molar-refractivity contribution in [1.29, 1.82) is 0 Å². The molecule has 0 spiro atoms. The zero-order chi connectivity index (χ0) is 38.2. The average molecular weight is 750 g/mol. The molecule has 5 aromatic rings. The number of phenols is 1. The summed E-state index contributed by atoms with van der Waals surface area (Å²) in [7, 11) is 3.37. The van der Waals surface area contributed by atoms with Crippen molar-refractivity contribution < 1.29 is 28.2 Å². The minimum Gasteiger partial charge on any atom is -0.508 e. The third-order valence-corrected chi connectivity index (χ3v) is 11.8. The number of terminal acetylenes is 1. The van der Waals surface area contributed by atoms with Crippen LogP contribution in [0.25, 0.3) is 21.9 Å². The SMILES string of the molecule is C#Cc1c(F)ccc2cc(O)cc(C(=O)c3nc4nc(OC[C@@]56CCCN5C[C@H](F)C6)nc(N5CCCn6nc(C(=O)N(C)C)cc6C5)c4n3C3CCC3)c12. The second-order valence-electron chi connectivity index (χ2n) is 15.5. The topological polar surface area (TPSA) is 135 Å². The Kier molecular flexibility index (Phi) is 8.49. The normalized spacial score (nSPS) is 21.3. The second-order valence-corrected chi connectivity index (χ2v) is 15.5. The van der Waals surface area contributed by atoms with E-state index < -0.39 is 23.3 Å². The Morgan fingerprint density at radius 1 is 1.09 bits per heavy atom. The molecule has 9 rings (SSSR count). The summed E-state index contributed by atoms with van der Waals surface area (Å²) < 4.78 is 39.9. The van der Waals surface area contributed by atoms with Crippen LogP contribution < -0.4 is 9.64 Å². The predicted molar refractivity (Wildman–Crippen MR) is 200 cm³/mol. The number of hydrogen-bond donors (Lipinski definition) is 1. The van der Waals surface area contributed by atoms with Crippen molar-refractivity contribution in [3.05, 3.63) is 64.5 Å². The summed E-state index contributed by atoms with van der Waals surface area (Å²) in [5.41, 5.74) is 1.42. The molecule has 55 heavy (non-hydrogen) atoms. The lowest BCUT2D eigenvalue weighted by molar-refractivity contribution is 0.0820. The largest absolute Gasteiger partial charge is 0.508 e. The van der Waals surface area contributed by atoms with Crippen LogP contribution >= 0.6 is 0 Å². The van der Waals surface area contributed by atoms with Gasteiger partial charge in [-0.3, -0.25) is 19.2 Å². The molecule has 13 nitrogen and oxygen atoms in total. The fraction of sp³-hybridized carbons (Fsp3) is 0.450. The van der Waals surface area contributed by atoms with Crippen LogP contribution in [0.1, 0.15) is 88.9 Å². The van der Waals surface area contributed by atoms with Gasteiger partial charge < -0.3 is 24.2 Å². The van der Waals surface area contributed by atoms with Crippen LogP contribution in [-0.2, 0) is 13.1 Å². The molecule has 1 N–H and O–H groups in total. The molecule has 3 fully saturated rings. The number of rotatable bonds is 8. The number of aromatic hydroxyl groups is 1. The van der Waals surface area contributed by atoms with Crippen molar-refractivity contribution in [1.82, 2.24) is 39.1 Å². The number of phenolic OH excluding ortho intramolecular Hbond substituents is 1. The maximum atomic E-state index is 15.1. The summed E-state index contributed by atoms with van der Waals surface area (Å²) in [6.07, 6.45) is 10.1. The van der Waals surface area contributed by atoms with Crippen LogP contribution in [0.3, 0.4) is 0 Å². The average Bonchev–Trinajstić information content (AvgIpc) is 3.87. The number of nitrogens with zero attached hydrogens (tertiary/aromatic N) is 9. The predicted octanol–water partition coefficient (Wildman–Crippen LogP) is 5.03. The molecule has 2 saturated heterocycles. The lowest BCUT2D eigenvalue weighted by atomic mass is 9.91. The highest BCUT2D eigenvalue weighted by atomic mass is 19.1. The molecule has 1 aliphatic carbocycles. The Labute approximate surface area is 315 Å². The standard InChI is InChI=1S/C40H41F2N9O4/c1-4-28-30(42)11-10-23-16-27(52)18-29(32(23)28)34(53)37-43-35-33(51(37)25-8-5-9-25)36(45-39(44-35)55-22-40-12-6-14-49(40)20-24(41)19-40)48-13-7-15-50-26(21-48)17-31(46-50)38(54)47(2)3/h1,10-11,16-18,24-25,52H,5-9,12-15,19-22H2,2-3H3/t24-,40+/m1/s1. The first-order valence-corrected chi connectivity index (χ1v) is 18.9. The van der Waals surface area contributed by atoms with E-state index in [-0.39, 0.29) is 58.3 Å². The number of halogens is 2. The molecule has 4 aliphatic rings. The molecule has 6 heterocycles. The number of alkyl halides is 1. The number of fused-ring (bicyclic) bond motifs is 4. The van der Waals surface area contributed by atoms with Gasteiger partial charge in [-0.15, -0.1) is 6.42 Å². The van der Waals surface area contributed by atoms with Crippen molar-refractivity contribution in [2.75, 3.05) is 45.2 Å². The molecular formula is C40H41F2N9O4. The van der Waals surface area contributed by atoms with E-state index in [0.29, 0.717) is 61.4 Å². The van der Waals surface area contributed by atoms with Crippen molar-refractivity contribution in [2.45, 2.75) is 75.8 Å². The summed E-state index contributed by atoms with van der Waals surface area (Å²) in [6.45, 7) is 2.88. The number of ether oxygens (including phenoxy) is 1. The highest BCUT2D eigenvalue weighted by Crippen LogP contribution is 2.43. The number of benzene rings is 2. The monoisotopic (exact) mass is 749 g/mol. The van der Waals surface area contributed by atoms with Crippen molar-refractivity contribution in [3.8, 4) is 24.1 Å². The zero-order valence-electron chi connectivity index (χ0n) is 30.8. The first-order valence-electron chi connectivity index (χ1n) is 18.9. The minimum atomic E-state index is -0.933. The highest BCUT2D eigenvalue weighted by molar-refractivity contribution is 6.17. The van der Waals surface area contributed by atoms with E-state index in [9.17, 15) is 19.1 Å². The van der Waals surface area contributed by atoms with Gasteiger partial charge >= 0.3 is 6.01 Å². The van der Waals surface area contributed by atoms with Gasteiger partial charge in [0.2, 0.25) is 5.78 Å². The number of amides is 1. The van der Waals surface area contributed by atoms with Gasteiger partial charge in [0.15, 0.2) is 23.0 Å². The Hall–Kier alpha value is -5.62. The van der Waals surface area contributed by atoms with Gasteiger partial charge in [0, 0.05) is 57.1 Å². The van der Waals surface area contributed by atoms with Crippen LogP contribution in [-0.4, -0.2) is 108 Å². The van der Waals surface area contributed by atoms with E-state index in [2.05, 4.69) is 20.8 Å². The molecule has 2 atom stereocenters. The number of ketones is 1. The molecule has 0 bridgehead atoms. The maximum Gasteiger partial charge on any atom is 0.320 e. The molecule has 3 aromatic heterocycles. The molecule has 1 amide bonds. The summed E-state index contributed by atoms with van der Waals surface area (Å²) in [4.78, 5) is 48.2. The number of aryl methyl sites for hydroxylation is 1. The van der Waals surface area contributed by atoms with E-state index in [0.717, 1.165) is 44.3 Å². The van der Waals surface area contributed by atoms with Gasteiger partial charge in [-0.2, -0.15) is 15.1 Å². The van der Waals surface area contributed by atoms with Gasteiger partial charge in [0.05, 0.1) is 23.3 Å². The third kappa shape index (κ3) is 5.85. The zero-order valence-corrected chi connectivity index (χ0v) is 30.8. The van der Waals surface area contributed by atoms with Crippen LogP contribution in [0.15, 0.2) is 30.3 Å². The Morgan fingerprint density at radius 3 is 2.69 bits per heavy atom. The minimum absolute atomic E-state index is 0.0171. The van der Waals surface area contributed by atoms with E-state index in [1.807, 2.05) is 9.25 Å². The Bertz CT molecular complexity index is 2430. The number of hydrogen-bond acceptors (Lipinski definition) is 10. The fourth-order valence-corrected chi connectivity index (χ4v) is 8.90. The van der Waals surface area contributed by atoms with Gasteiger partial charge in [-0.1, -0.05) is 12.0 Å². The van der Waals surface area contributed by atoms with Crippen molar-refractivity contribution in [2.24, 2.45) is 0 Å². The van der Waals surface area contributed by atoms with E-state index in [4.69, 9.17) is 26.1 Å². The molecule has 2 aromatic carbocycles. The lowest BCUT2D eigenvalue weighted by Gasteiger charge is -2.31. The lowest BCUT2D eigenvalue weighted by Crippen LogP contribution is -2.43. The molecule has 0 radical (unpaired) electrons. The summed E-state index contributed by atoms with van der Waals surface area (Å²) in [5.74, 6) is 1.36. The first kappa shape index (κ1) is 35.1. The Morgan fingerprint density at radius 2 is 1.93 bits per heavy atom. The number of carbonyl (C=O) groups is 2. The van der Waals surface area contributed by atoms with Crippen LogP contribution in [0.5, 0.6) is 11.8 Å². The van der Waals surface area contributed by atoms with Gasteiger partial charge in [0.1, 0.15) is 29.9 Å². The number of carbonyl (C=O) groups excluding carboxylic acids is 2. The van der Waals surface area contributed by atoms with E-state index >= 15 is 4.39 Å². The van der Waals surface area contributed by atoms with E-state index in [1.165, 1.54) is 29.2 Å². The van der Waals surface area contributed by atoms with Crippen molar-refractivity contribution in [3.63, 3.8) is 0 Å². The maximum absolute atomic E-state index is 15.1. The van der Waals surface area contributed by atoms with Crippen LogP contribution in [0, 0.1) is 18.2 Å². The molecule has 1 saturated carbocycles. The Balaban J connectivity index is 1.20. The molecule has 284 valence electrons. The summed E-state index contributed by atoms with van der Waals surface area (Å²) >= 11 is 0. The smallest absolute Gasteiger partial charge is 0.320 e. The fourth-order valence-electron chi connectivity index (χ4n) is 8.90. The van der Waals surface area contributed by atoms with Gasteiger partial charge in [0.25, 0.3) is 5.91 Å². The molecule has 15 heteroatoms. The first-order chi connectivity index (χ1) is 26.5. The second kappa shape index (κ2) is 13.3. The van der Waals surface area contributed by atoms with Crippen LogP contribution in [0.2, 0.25) is 0 Å². The van der Waals surface area contributed by atoms with Crippen LogP contribution in [0.4, 0.5) is 14.6 Å².